The Morgan fingerprint density at radius 3 is 2.73 bits per heavy atom. The topological polar surface area (TPSA) is 29.5 Å². The van der Waals surface area contributed by atoms with Gasteiger partial charge in [-0.3, -0.25) is 9.11 Å². The molecule has 0 aliphatic carbocycles. The number of hydrogen-bond acceptors (Lipinski definition) is 3. The summed E-state index contributed by atoms with van der Waals surface area (Å²) >= 11 is 0. The van der Waals surface area contributed by atoms with Crippen molar-refractivity contribution in [3.8, 4) is 0 Å². The molecule has 1 saturated heterocycles. The van der Waals surface area contributed by atoms with Gasteiger partial charge in [0.2, 0.25) is 0 Å². The molecule has 66 valence electrons. The predicted octanol–water partition coefficient (Wildman–Crippen LogP) is -0.304. The maximum absolute atomic E-state index is 10.9. The minimum atomic E-state index is -0.632. The Hall–Kier alpha value is 0.0700. The molecule has 0 bridgehead atoms. The maximum Gasteiger partial charge on any atom is 0.0599 e. The van der Waals surface area contributed by atoms with E-state index < -0.39 is 10.8 Å². The molecule has 0 aromatic heterocycles. The average Bonchev–Trinajstić information content (AvgIpc) is 1.84. The molecule has 0 aromatic rings. The third kappa shape index (κ3) is 2.54. The fourth-order valence-electron chi connectivity index (χ4n) is 1.14. The zero-order valence-electron chi connectivity index (χ0n) is 7.08. The lowest BCUT2D eigenvalue weighted by Gasteiger charge is -2.37. The molecule has 4 heteroatoms. The minimum Gasteiger partial charge on any atom is -0.383 e. The second-order valence-electron chi connectivity index (χ2n) is 2.87. The van der Waals surface area contributed by atoms with Crippen molar-refractivity contribution in [2.45, 2.75) is 5.25 Å². The Labute approximate surface area is 70.2 Å². The first-order chi connectivity index (χ1) is 5.24. The molecule has 1 unspecified atom stereocenters. The monoisotopic (exact) mass is 177 g/mol. The van der Waals surface area contributed by atoms with Gasteiger partial charge >= 0.3 is 0 Å². The van der Waals surface area contributed by atoms with Gasteiger partial charge in [0.15, 0.2) is 0 Å². The molecule has 0 N–H and O–H groups in total. The molecule has 11 heavy (non-hydrogen) atoms. The van der Waals surface area contributed by atoms with Crippen molar-refractivity contribution in [3.05, 3.63) is 0 Å². The number of nitrogens with zero attached hydrogens (tertiary/aromatic N) is 1. The molecule has 0 aromatic carbocycles. The Bertz CT molecular complexity index is 145. The van der Waals surface area contributed by atoms with Crippen LogP contribution in [0.25, 0.3) is 0 Å². The van der Waals surface area contributed by atoms with Crippen molar-refractivity contribution in [2.24, 2.45) is 0 Å². The summed E-state index contributed by atoms with van der Waals surface area (Å²) in [6, 6.07) is 0. The molecule has 3 nitrogen and oxygen atoms in total. The molecule has 0 amide bonds. The number of hydrogen-bond donors (Lipinski definition) is 0. The van der Waals surface area contributed by atoms with E-state index in [9.17, 15) is 4.21 Å². The quantitative estimate of drug-likeness (QED) is 0.590. The third-order valence-electron chi connectivity index (χ3n) is 2.00. The molecule has 1 aliphatic rings. The van der Waals surface area contributed by atoms with Crippen LogP contribution >= 0.6 is 0 Å². The summed E-state index contributed by atoms with van der Waals surface area (Å²) in [5, 5.41) is 0.409. The van der Waals surface area contributed by atoms with Gasteiger partial charge in [0, 0.05) is 43.8 Å². The van der Waals surface area contributed by atoms with Crippen LogP contribution in [0.3, 0.4) is 0 Å². The molecule has 0 radical (unpaired) electrons. The van der Waals surface area contributed by atoms with Crippen molar-refractivity contribution in [1.29, 1.82) is 0 Å². The average molecular weight is 177 g/mol. The SMILES string of the molecule is COCCN1CC(S(C)=O)C1. The molecular weight excluding hydrogens is 162 g/mol. The summed E-state index contributed by atoms with van der Waals surface area (Å²) in [6.07, 6.45) is 1.78. The number of rotatable bonds is 4. The number of likely N-dealkylation sites (tertiary alicyclic amines) is 1. The van der Waals surface area contributed by atoms with Crippen molar-refractivity contribution >= 4 is 10.8 Å². The highest BCUT2D eigenvalue weighted by atomic mass is 32.2. The molecule has 1 rings (SSSR count). The maximum atomic E-state index is 10.9. The fraction of sp³-hybridized carbons (Fsp3) is 1.00. The summed E-state index contributed by atoms with van der Waals surface area (Å²) in [6.45, 7) is 3.71. The molecule has 1 fully saturated rings. The minimum absolute atomic E-state index is 0.409. The summed E-state index contributed by atoms with van der Waals surface area (Å²) in [4.78, 5) is 2.26. The van der Waals surface area contributed by atoms with E-state index in [0.29, 0.717) is 5.25 Å². The first kappa shape index (κ1) is 9.16. The Morgan fingerprint density at radius 2 is 2.27 bits per heavy atom. The number of ether oxygens (including phenoxy) is 1. The smallest absolute Gasteiger partial charge is 0.0599 e. The first-order valence-electron chi connectivity index (χ1n) is 3.77. The van der Waals surface area contributed by atoms with Crippen molar-refractivity contribution in [1.82, 2.24) is 4.90 Å². The van der Waals surface area contributed by atoms with Crippen LogP contribution < -0.4 is 0 Å². The van der Waals surface area contributed by atoms with Crippen LogP contribution in [0.5, 0.6) is 0 Å². The van der Waals surface area contributed by atoms with E-state index in [0.717, 1.165) is 26.2 Å². The standard InChI is InChI=1S/C7H15NO2S/c1-10-4-3-8-5-7(6-8)11(2)9/h7H,3-6H2,1-2H3. The normalized spacial score (nSPS) is 23.1. The molecule has 0 spiro atoms. The van der Waals surface area contributed by atoms with Gasteiger partial charge in [-0.1, -0.05) is 0 Å². The Morgan fingerprint density at radius 1 is 1.64 bits per heavy atom. The largest absolute Gasteiger partial charge is 0.383 e. The summed E-state index contributed by atoms with van der Waals surface area (Å²) in [7, 11) is 1.07. The predicted molar refractivity (Wildman–Crippen MR) is 46.2 cm³/mol. The Kier molecular flexibility index (Phi) is 3.48. The van der Waals surface area contributed by atoms with E-state index in [1.54, 1.807) is 13.4 Å². The molecular formula is C7H15NO2S. The fourth-order valence-corrected chi connectivity index (χ4v) is 1.98. The lowest BCUT2D eigenvalue weighted by Crippen LogP contribution is -2.53. The van der Waals surface area contributed by atoms with Crippen LogP contribution in [-0.2, 0) is 15.5 Å². The second kappa shape index (κ2) is 4.18. The van der Waals surface area contributed by atoms with Crippen molar-refractivity contribution in [3.63, 3.8) is 0 Å². The van der Waals surface area contributed by atoms with Gasteiger partial charge in [0.05, 0.1) is 11.9 Å². The van der Waals surface area contributed by atoms with Crippen LogP contribution in [0.4, 0.5) is 0 Å². The van der Waals surface area contributed by atoms with E-state index in [1.165, 1.54) is 0 Å². The first-order valence-corrected chi connectivity index (χ1v) is 5.39. The van der Waals surface area contributed by atoms with Gasteiger partial charge < -0.3 is 4.74 Å². The highest BCUT2D eigenvalue weighted by Gasteiger charge is 2.28. The zero-order valence-corrected chi connectivity index (χ0v) is 7.89. The van der Waals surface area contributed by atoms with Gasteiger partial charge in [0.1, 0.15) is 0 Å². The molecule has 1 atom stereocenters. The van der Waals surface area contributed by atoms with E-state index in [-0.39, 0.29) is 0 Å². The van der Waals surface area contributed by atoms with Crippen LogP contribution in [0.1, 0.15) is 0 Å². The highest BCUT2D eigenvalue weighted by Crippen LogP contribution is 2.11. The van der Waals surface area contributed by atoms with E-state index >= 15 is 0 Å². The van der Waals surface area contributed by atoms with Crippen LogP contribution in [0, 0.1) is 0 Å². The van der Waals surface area contributed by atoms with E-state index in [1.807, 2.05) is 0 Å². The highest BCUT2D eigenvalue weighted by molar-refractivity contribution is 7.85. The third-order valence-corrected chi connectivity index (χ3v) is 3.24. The van der Waals surface area contributed by atoms with Crippen LogP contribution in [0.2, 0.25) is 0 Å². The van der Waals surface area contributed by atoms with Gasteiger partial charge in [-0.2, -0.15) is 0 Å². The summed E-state index contributed by atoms with van der Waals surface area (Å²) in [5.41, 5.74) is 0. The molecule has 1 heterocycles. The van der Waals surface area contributed by atoms with Crippen molar-refractivity contribution < 1.29 is 8.95 Å². The molecule has 0 saturated carbocycles. The van der Waals surface area contributed by atoms with E-state index in [4.69, 9.17) is 4.74 Å². The van der Waals surface area contributed by atoms with Gasteiger partial charge in [-0.05, 0) is 0 Å². The van der Waals surface area contributed by atoms with Gasteiger partial charge in [0.25, 0.3) is 0 Å². The lowest BCUT2D eigenvalue weighted by atomic mass is 10.2. The summed E-state index contributed by atoms with van der Waals surface area (Å²) in [5.74, 6) is 0. The van der Waals surface area contributed by atoms with Crippen LogP contribution in [-0.4, -0.2) is 54.0 Å². The van der Waals surface area contributed by atoms with E-state index in [2.05, 4.69) is 4.90 Å². The van der Waals surface area contributed by atoms with Crippen LogP contribution in [0.15, 0.2) is 0 Å². The number of methoxy groups -OCH3 is 1. The zero-order chi connectivity index (χ0) is 8.27. The van der Waals surface area contributed by atoms with Gasteiger partial charge in [-0.25, -0.2) is 0 Å². The lowest BCUT2D eigenvalue weighted by molar-refractivity contribution is 0.114. The van der Waals surface area contributed by atoms with Crippen molar-refractivity contribution in [2.75, 3.05) is 39.6 Å². The summed E-state index contributed by atoms with van der Waals surface area (Å²) < 4.78 is 15.8. The molecule has 1 aliphatic heterocycles. The Balaban J connectivity index is 2.05. The van der Waals surface area contributed by atoms with Gasteiger partial charge in [-0.15, -0.1) is 0 Å². The second-order valence-corrected chi connectivity index (χ2v) is 4.54.